The van der Waals surface area contributed by atoms with E-state index in [0.717, 1.165) is 11.8 Å². The van der Waals surface area contributed by atoms with Crippen LogP contribution in [0.4, 0.5) is 0 Å². The van der Waals surface area contributed by atoms with E-state index in [9.17, 15) is 13.2 Å². The van der Waals surface area contributed by atoms with Gasteiger partial charge in [0.1, 0.15) is 0 Å². The van der Waals surface area contributed by atoms with Crippen LogP contribution in [0.15, 0.2) is 59.5 Å². The molecule has 3 nitrogen and oxygen atoms in total. The first-order chi connectivity index (χ1) is 9.47. The highest BCUT2D eigenvalue weighted by molar-refractivity contribution is 7.90. The van der Waals surface area contributed by atoms with Gasteiger partial charge in [0.25, 0.3) is 0 Å². The largest absolute Gasteiger partial charge is 0.294 e. The summed E-state index contributed by atoms with van der Waals surface area (Å²) in [5, 5.41) is 0. The van der Waals surface area contributed by atoms with Crippen LogP contribution in [0.5, 0.6) is 0 Å². The minimum atomic E-state index is -3.28. The summed E-state index contributed by atoms with van der Waals surface area (Å²) in [4.78, 5) is 12.3. The molecule has 0 saturated heterocycles. The van der Waals surface area contributed by atoms with Crippen LogP contribution < -0.4 is 0 Å². The van der Waals surface area contributed by atoms with Gasteiger partial charge in [-0.2, -0.15) is 0 Å². The average Bonchev–Trinajstić information content (AvgIpc) is 2.45. The second-order valence-corrected chi connectivity index (χ2v) is 6.72. The number of carbonyl (C=O) groups excluding carboxylic acids is 1. The molecule has 20 heavy (non-hydrogen) atoms. The first-order valence-electron chi connectivity index (χ1n) is 6.34. The number of benzene rings is 2. The maximum absolute atomic E-state index is 12.1. The highest BCUT2D eigenvalue weighted by Gasteiger charge is 2.11. The summed E-state index contributed by atoms with van der Waals surface area (Å²) in [6, 6.07) is 16.0. The van der Waals surface area contributed by atoms with E-state index in [1.54, 1.807) is 12.1 Å². The van der Waals surface area contributed by atoms with Crippen molar-refractivity contribution in [2.75, 3.05) is 6.26 Å². The van der Waals surface area contributed by atoms with Gasteiger partial charge in [0.15, 0.2) is 15.6 Å². The highest BCUT2D eigenvalue weighted by Crippen LogP contribution is 2.14. The Morgan fingerprint density at radius 3 is 2.35 bits per heavy atom. The molecule has 0 aliphatic rings. The number of rotatable bonds is 5. The van der Waals surface area contributed by atoms with Crippen LogP contribution in [0.3, 0.4) is 0 Å². The first kappa shape index (κ1) is 14.5. The average molecular weight is 288 g/mol. The van der Waals surface area contributed by atoms with Gasteiger partial charge in [-0.3, -0.25) is 4.79 Å². The quantitative estimate of drug-likeness (QED) is 0.795. The Labute approximate surface area is 119 Å². The Bertz CT molecular complexity index is 704. The molecule has 0 atom stereocenters. The normalized spacial score (nSPS) is 11.2. The molecule has 0 amide bonds. The topological polar surface area (TPSA) is 51.2 Å². The number of sulfone groups is 1. The molecule has 0 N–H and O–H groups in total. The molecule has 0 saturated carbocycles. The number of ketones is 1. The van der Waals surface area contributed by atoms with E-state index in [-0.39, 0.29) is 10.7 Å². The molecular weight excluding hydrogens is 272 g/mol. The third-order valence-corrected chi connectivity index (χ3v) is 4.18. The van der Waals surface area contributed by atoms with Gasteiger partial charge in [-0.15, -0.1) is 0 Å². The fourth-order valence-corrected chi connectivity index (χ4v) is 2.61. The zero-order valence-corrected chi connectivity index (χ0v) is 12.1. The van der Waals surface area contributed by atoms with Crippen molar-refractivity contribution in [2.24, 2.45) is 0 Å². The Hall–Kier alpha value is -1.94. The van der Waals surface area contributed by atoms with Crippen molar-refractivity contribution >= 4 is 15.6 Å². The number of aryl methyl sites for hydroxylation is 1. The van der Waals surface area contributed by atoms with Crippen LogP contribution >= 0.6 is 0 Å². The molecule has 2 aromatic carbocycles. The maximum atomic E-state index is 12.1. The first-order valence-corrected chi connectivity index (χ1v) is 8.23. The van der Waals surface area contributed by atoms with E-state index in [1.807, 2.05) is 30.3 Å². The highest BCUT2D eigenvalue weighted by atomic mass is 32.2. The Morgan fingerprint density at radius 1 is 1.00 bits per heavy atom. The van der Waals surface area contributed by atoms with Crippen LogP contribution in [-0.4, -0.2) is 20.5 Å². The molecule has 0 unspecified atom stereocenters. The van der Waals surface area contributed by atoms with Gasteiger partial charge in [-0.25, -0.2) is 8.42 Å². The number of Topliss-reactive ketones (excluding diaryl/α,β-unsaturated/α-hetero) is 1. The van der Waals surface area contributed by atoms with Gasteiger partial charge in [-0.1, -0.05) is 42.5 Å². The summed E-state index contributed by atoms with van der Waals surface area (Å²) in [6.45, 7) is 0. The molecule has 2 rings (SSSR count). The molecule has 0 fully saturated rings. The Morgan fingerprint density at radius 2 is 1.70 bits per heavy atom. The van der Waals surface area contributed by atoms with Gasteiger partial charge in [-0.05, 0) is 24.1 Å². The van der Waals surface area contributed by atoms with Crippen LogP contribution in [-0.2, 0) is 16.3 Å². The van der Waals surface area contributed by atoms with Crippen LogP contribution in [0.25, 0.3) is 0 Å². The number of carbonyl (C=O) groups is 1. The third-order valence-electron chi connectivity index (χ3n) is 3.07. The molecule has 0 bridgehead atoms. The lowest BCUT2D eigenvalue weighted by molar-refractivity contribution is 0.0982. The Kier molecular flexibility index (Phi) is 4.35. The minimum absolute atomic E-state index is 0.0423. The van der Waals surface area contributed by atoms with Gasteiger partial charge in [0.2, 0.25) is 0 Å². The van der Waals surface area contributed by atoms with E-state index in [0.29, 0.717) is 18.4 Å². The second-order valence-electron chi connectivity index (χ2n) is 4.71. The molecule has 0 radical (unpaired) electrons. The van der Waals surface area contributed by atoms with Crippen molar-refractivity contribution in [1.82, 2.24) is 0 Å². The van der Waals surface area contributed by atoms with Crippen molar-refractivity contribution in [2.45, 2.75) is 17.7 Å². The van der Waals surface area contributed by atoms with Crippen molar-refractivity contribution in [3.63, 3.8) is 0 Å². The van der Waals surface area contributed by atoms with E-state index in [4.69, 9.17) is 0 Å². The molecule has 0 heterocycles. The molecule has 0 aliphatic carbocycles. The van der Waals surface area contributed by atoms with Crippen LogP contribution in [0.1, 0.15) is 22.3 Å². The summed E-state index contributed by atoms with van der Waals surface area (Å²) >= 11 is 0. The van der Waals surface area contributed by atoms with Crippen molar-refractivity contribution < 1.29 is 13.2 Å². The molecule has 0 spiro atoms. The number of hydrogen-bond donors (Lipinski definition) is 0. The van der Waals surface area contributed by atoms with Crippen LogP contribution in [0.2, 0.25) is 0 Å². The second kappa shape index (κ2) is 6.01. The smallest absolute Gasteiger partial charge is 0.175 e. The van der Waals surface area contributed by atoms with E-state index in [2.05, 4.69) is 0 Å². The Balaban J connectivity index is 2.10. The third kappa shape index (κ3) is 3.78. The fourth-order valence-electron chi connectivity index (χ4n) is 1.95. The van der Waals surface area contributed by atoms with Crippen molar-refractivity contribution in [1.29, 1.82) is 0 Å². The molecule has 2 aromatic rings. The molecule has 4 heteroatoms. The summed E-state index contributed by atoms with van der Waals surface area (Å²) in [5.41, 5.74) is 1.55. The molecule has 104 valence electrons. The summed E-state index contributed by atoms with van der Waals surface area (Å²) in [6.07, 6.45) is 2.17. The van der Waals surface area contributed by atoms with E-state index < -0.39 is 9.84 Å². The van der Waals surface area contributed by atoms with Crippen LogP contribution in [0, 0.1) is 0 Å². The zero-order valence-electron chi connectivity index (χ0n) is 11.2. The van der Waals surface area contributed by atoms with Gasteiger partial charge < -0.3 is 0 Å². The lowest BCUT2D eigenvalue weighted by Crippen LogP contribution is -2.04. The standard InChI is InChI=1S/C16H16O3S/c1-20(18,19)15-9-5-8-14(12-15)16(17)11-10-13-6-3-2-4-7-13/h2-9,12H,10-11H2,1H3. The summed E-state index contributed by atoms with van der Waals surface area (Å²) < 4.78 is 23.0. The van der Waals surface area contributed by atoms with E-state index in [1.165, 1.54) is 12.1 Å². The monoisotopic (exact) mass is 288 g/mol. The fraction of sp³-hybridized carbons (Fsp3) is 0.188. The van der Waals surface area contributed by atoms with Gasteiger partial charge in [0.05, 0.1) is 4.90 Å². The lowest BCUT2D eigenvalue weighted by Gasteiger charge is -2.04. The summed E-state index contributed by atoms with van der Waals surface area (Å²) in [5.74, 6) is -0.0423. The van der Waals surface area contributed by atoms with Gasteiger partial charge >= 0.3 is 0 Å². The SMILES string of the molecule is CS(=O)(=O)c1cccc(C(=O)CCc2ccccc2)c1. The van der Waals surface area contributed by atoms with E-state index >= 15 is 0 Å². The minimum Gasteiger partial charge on any atom is -0.294 e. The number of hydrogen-bond acceptors (Lipinski definition) is 3. The summed E-state index contributed by atoms with van der Waals surface area (Å²) in [7, 11) is -3.28. The van der Waals surface area contributed by atoms with Gasteiger partial charge in [0, 0.05) is 18.2 Å². The molecular formula is C16H16O3S. The predicted molar refractivity (Wildman–Crippen MR) is 78.6 cm³/mol. The lowest BCUT2D eigenvalue weighted by atomic mass is 10.0. The maximum Gasteiger partial charge on any atom is 0.175 e. The molecule has 0 aliphatic heterocycles. The van der Waals surface area contributed by atoms with Crippen molar-refractivity contribution in [3.05, 3.63) is 65.7 Å². The zero-order chi connectivity index (χ0) is 14.6. The van der Waals surface area contributed by atoms with Crippen molar-refractivity contribution in [3.8, 4) is 0 Å². The predicted octanol–water partition coefficient (Wildman–Crippen LogP) is 2.91. The molecule has 0 aromatic heterocycles.